The fourth-order valence-corrected chi connectivity index (χ4v) is 1.86. The van der Waals surface area contributed by atoms with Gasteiger partial charge in [0.05, 0.1) is 18.9 Å². The molecule has 0 amide bonds. The van der Waals surface area contributed by atoms with Crippen LogP contribution in [0.2, 0.25) is 0 Å². The van der Waals surface area contributed by atoms with Gasteiger partial charge in [-0.05, 0) is 6.92 Å². The van der Waals surface area contributed by atoms with Gasteiger partial charge in [0, 0.05) is 31.2 Å². The smallest absolute Gasteiger partial charge is 0.199 e. The summed E-state index contributed by atoms with van der Waals surface area (Å²) in [5.41, 5.74) is 3.82. The predicted octanol–water partition coefficient (Wildman–Crippen LogP) is 0.344. The van der Waals surface area contributed by atoms with Gasteiger partial charge in [-0.25, -0.2) is 0 Å². The quantitative estimate of drug-likeness (QED) is 0.701. The van der Waals surface area contributed by atoms with Gasteiger partial charge in [0.25, 0.3) is 0 Å². The van der Waals surface area contributed by atoms with E-state index in [9.17, 15) is 5.11 Å². The van der Waals surface area contributed by atoms with Crippen LogP contribution in [-0.4, -0.2) is 15.8 Å². The number of fused-ring (bicyclic) bond motifs is 1. The number of aliphatic hydroxyl groups is 1. The van der Waals surface area contributed by atoms with Gasteiger partial charge in [-0.2, -0.15) is 0 Å². The summed E-state index contributed by atoms with van der Waals surface area (Å²) < 4.78 is 5.69. The van der Waals surface area contributed by atoms with Crippen molar-refractivity contribution >= 4 is 5.69 Å². The van der Waals surface area contributed by atoms with Crippen molar-refractivity contribution in [3.05, 3.63) is 23.0 Å². The van der Waals surface area contributed by atoms with Gasteiger partial charge in [-0.15, -0.1) is 0 Å². The van der Waals surface area contributed by atoms with Crippen LogP contribution in [0.1, 0.15) is 30.7 Å². The van der Waals surface area contributed by atoms with E-state index in [1.807, 2.05) is 20.8 Å². The molecule has 0 radical (unpaired) electrons. The standard InChI is InChI=1S/C11H16N2O2/c1-7-10-9(8(5-14)4-12-7)6-15-11(2,3)13-10/h4,13-14H,5-6H2,1-3H3/p+1. The highest BCUT2D eigenvalue weighted by Crippen LogP contribution is 2.25. The van der Waals surface area contributed by atoms with Crippen molar-refractivity contribution in [1.29, 1.82) is 0 Å². The van der Waals surface area contributed by atoms with Crippen molar-refractivity contribution in [2.24, 2.45) is 0 Å². The monoisotopic (exact) mass is 209 g/mol. The second-order valence-corrected chi connectivity index (χ2v) is 4.46. The first-order chi connectivity index (χ1) is 7.03. The van der Waals surface area contributed by atoms with Gasteiger partial charge in [-0.3, -0.25) is 10.3 Å². The first-order valence-corrected chi connectivity index (χ1v) is 5.11. The lowest BCUT2D eigenvalue weighted by Crippen LogP contribution is -2.92. The Morgan fingerprint density at radius 2 is 2.33 bits per heavy atom. The molecule has 0 unspecified atom stereocenters. The van der Waals surface area contributed by atoms with Gasteiger partial charge < -0.3 is 9.84 Å². The molecule has 0 atom stereocenters. The first-order valence-electron chi connectivity index (χ1n) is 5.11. The molecule has 0 aromatic carbocycles. The van der Waals surface area contributed by atoms with Gasteiger partial charge in [-0.1, -0.05) is 0 Å². The van der Waals surface area contributed by atoms with Crippen LogP contribution in [0.15, 0.2) is 6.20 Å². The fourth-order valence-electron chi connectivity index (χ4n) is 1.86. The minimum Gasteiger partial charge on any atom is -0.392 e. The van der Waals surface area contributed by atoms with E-state index < -0.39 is 0 Å². The SMILES string of the molecule is Cc1ncc(CO)c2c1[NH2+]C(C)(C)OC2. The molecule has 0 fully saturated rings. The number of aromatic nitrogens is 1. The van der Waals surface area contributed by atoms with Crippen molar-refractivity contribution in [3.8, 4) is 0 Å². The summed E-state index contributed by atoms with van der Waals surface area (Å²) in [5, 5.41) is 11.3. The maximum absolute atomic E-state index is 9.21. The predicted molar refractivity (Wildman–Crippen MR) is 55.4 cm³/mol. The highest BCUT2D eigenvalue weighted by Gasteiger charge is 2.32. The van der Waals surface area contributed by atoms with E-state index in [-0.39, 0.29) is 12.3 Å². The Bertz CT molecular complexity index is 388. The molecule has 1 aromatic heterocycles. The van der Waals surface area contributed by atoms with E-state index in [0.717, 1.165) is 22.5 Å². The third kappa shape index (κ3) is 1.88. The average Bonchev–Trinajstić information content (AvgIpc) is 2.18. The van der Waals surface area contributed by atoms with Crippen molar-refractivity contribution < 1.29 is 15.2 Å². The van der Waals surface area contributed by atoms with Gasteiger partial charge in [0.15, 0.2) is 11.4 Å². The number of nitrogens with zero attached hydrogens (tertiary/aromatic N) is 1. The molecule has 1 aliphatic heterocycles. The molecule has 0 saturated carbocycles. The van der Waals surface area contributed by atoms with Crippen molar-refractivity contribution in [3.63, 3.8) is 0 Å². The molecule has 2 heterocycles. The largest absolute Gasteiger partial charge is 0.392 e. The molecule has 82 valence electrons. The Morgan fingerprint density at radius 3 is 3.00 bits per heavy atom. The van der Waals surface area contributed by atoms with Crippen LogP contribution in [0.3, 0.4) is 0 Å². The average molecular weight is 209 g/mol. The van der Waals surface area contributed by atoms with Crippen LogP contribution in [0.4, 0.5) is 5.69 Å². The third-order valence-electron chi connectivity index (χ3n) is 2.77. The molecule has 4 heteroatoms. The number of aliphatic hydroxyl groups excluding tert-OH is 1. The van der Waals surface area contributed by atoms with Gasteiger partial charge in [0.1, 0.15) is 0 Å². The van der Waals surface area contributed by atoms with E-state index in [2.05, 4.69) is 10.3 Å². The summed E-state index contributed by atoms with van der Waals surface area (Å²) in [5.74, 6) is 0. The van der Waals surface area contributed by atoms with Gasteiger partial charge >= 0.3 is 0 Å². The Labute approximate surface area is 89.3 Å². The summed E-state index contributed by atoms with van der Waals surface area (Å²) in [6, 6.07) is 0. The fraction of sp³-hybridized carbons (Fsp3) is 0.545. The number of hydrogen-bond acceptors (Lipinski definition) is 3. The number of quaternary nitrogens is 1. The molecule has 0 aliphatic carbocycles. The lowest BCUT2D eigenvalue weighted by molar-refractivity contribution is -0.706. The Balaban J connectivity index is 2.50. The number of ether oxygens (including phenoxy) is 1. The molecule has 4 nitrogen and oxygen atoms in total. The van der Waals surface area contributed by atoms with E-state index >= 15 is 0 Å². The number of rotatable bonds is 1. The van der Waals surface area contributed by atoms with Crippen LogP contribution in [0.25, 0.3) is 0 Å². The molecule has 0 bridgehead atoms. The number of nitrogens with two attached hydrogens (primary N) is 1. The molecular formula is C11H17N2O2+. The highest BCUT2D eigenvalue weighted by atomic mass is 16.5. The van der Waals surface area contributed by atoms with Crippen LogP contribution >= 0.6 is 0 Å². The normalized spacial score (nSPS) is 18.7. The van der Waals surface area contributed by atoms with E-state index in [4.69, 9.17) is 4.74 Å². The van der Waals surface area contributed by atoms with E-state index in [1.54, 1.807) is 6.20 Å². The van der Waals surface area contributed by atoms with E-state index in [0.29, 0.717) is 6.61 Å². The topological polar surface area (TPSA) is 59.0 Å². The van der Waals surface area contributed by atoms with Crippen LogP contribution in [0, 0.1) is 6.92 Å². The Kier molecular flexibility index (Phi) is 2.50. The van der Waals surface area contributed by atoms with Gasteiger partial charge in [0.2, 0.25) is 0 Å². The van der Waals surface area contributed by atoms with Crippen molar-refractivity contribution in [2.75, 3.05) is 0 Å². The van der Waals surface area contributed by atoms with Crippen molar-refractivity contribution in [1.82, 2.24) is 4.98 Å². The molecule has 1 aliphatic rings. The van der Waals surface area contributed by atoms with Crippen LogP contribution in [0.5, 0.6) is 0 Å². The van der Waals surface area contributed by atoms with E-state index in [1.165, 1.54) is 0 Å². The summed E-state index contributed by atoms with van der Waals surface area (Å²) in [6.45, 7) is 6.62. The molecular weight excluding hydrogens is 192 g/mol. The number of pyridine rings is 1. The molecule has 0 spiro atoms. The lowest BCUT2D eigenvalue weighted by atomic mass is 10.0. The Morgan fingerprint density at radius 1 is 1.60 bits per heavy atom. The van der Waals surface area contributed by atoms with Crippen LogP contribution in [-0.2, 0) is 18.0 Å². The summed E-state index contributed by atoms with van der Waals surface area (Å²) >= 11 is 0. The summed E-state index contributed by atoms with van der Waals surface area (Å²) in [4.78, 5) is 4.28. The molecule has 15 heavy (non-hydrogen) atoms. The molecule has 1 aromatic rings. The number of aryl methyl sites for hydroxylation is 1. The minimum absolute atomic E-state index is 0.0211. The molecule has 3 N–H and O–H groups in total. The zero-order chi connectivity index (χ0) is 11.1. The molecule has 2 rings (SSSR count). The molecule has 0 saturated heterocycles. The summed E-state index contributed by atoms with van der Waals surface area (Å²) in [6.07, 6.45) is 1.73. The minimum atomic E-state index is -0.243. The Hall–Kier alpha value is -0.970. The second kappa shape index (κ2) is 3.56. The maximum atomic E-state index is 9.21. The zero-order valence-corrected chi connectivity index (χ0v) is 9.37. The number of hydrogen-bond donors (Lipinski definition) is 2. The summed E-state index contributed by atoms with van der Waals surface area (Å²) in [7, 11) is 0. The lowest BCUT2D eigenvalue weighted by Gasteiger charge is -2.30. The first kappa shape index (κ1) is 10.5. The van der Waals surface area contributed by atoms with Crippen LogP contribution < -0.4 is 5.32 Å². The third-order valence-corrected chi connectivity index (χ3v) is 2.77. The van der Waals surface area contributed by atoms with Crippen molar-refractivity contribution in [2.45, 2.75) is 39.7 Å². The second-order valence-electron chi connectivity index (χ2n) is 4.46. The maximum Gasteiger partial charge on any atom is 0.199 e. The highest BCUT2D eigenvalue weighted by molar-refractivity contribution is 5.47. The zero-order valence-electron chi connectivity index (χ0n) is 9.37.